The Labute approximate surface area is 131 Å². The number of nitrogens with one attached hydrogen (secondary N) is 1. The molecule has 0 fully saturated rings. The minimum absolute atomic E-state index is 0.124. The second kappa shape index (κ2) is 6.96. The lowest BCUT2D eigenvalue weighted by Crippen LogP contribution is -2.21. The van der Waals surface area contributed by atoms with Gasteiger partial charge in [-0.25, -0.2) is 0 Å². The van der Waals surface area contributed by atoms with Gasteiger partial charge < -0.3 is 10.1 Å². The van der Waals surface area contributed by atoms with Crippen molar-refractivity contribution in [1.82, 2.24) is 15.1 Å². The third-order valence-corrected chi connectivity index (χ3v) is 4.20. The maximum Gasteiger partial charge on any atom is 0.123 e. The Bertz CT molecular complexity index is 610. The SMILES string of the molecule is CCc1nn(C)c(CC(NC)c2ccccc2OC)c1Cl. The average molecular weight is 308 g/mol. The molecule has 2 aromatic rings. The van der Waals surface area contributed by atoms with Gasteiger partial charge in [0.2, 0.25) is 0 Å². The van der Waals surface area contributed by atoms with Gasteiger partial charge in [-0.3, -0.25) is 4.68 Å². The summed E-state index contributed by atoms with van der Waals surface area (Å²) in [5.74, 6) is 0.880. The number of aryl methyl sites for hydroxylation is 2. The van der Waals surface area contributed by atoms with Gasteiger partial charge in [0.1, 0.15) is 5.75 Å². The number of aromatic nitrogens is 2. The van der Waals surface area contributed by atoms with E-state index in [-0.39, 0.29) is 6.04 Å². The van der Waals surface area contributed by atoms with E-state index in [1.54, 1.807) is 7.11 Å². The van der Waals surface area contributed by atoms with Crippen molar-refractivity contribution in [1.29, 1.82) is 0 Å². The summed E-state index contributed by atoms with van der Waals surface area (Å²) in [5, 5.41) is 8.59. The van der Waals surface area contributed by atoms with E-state index in [0.29, 0.717) is 0 Å². The molecule has 0 aliphatic rings. The maximum absolute atomic E-state index is 6.45. The summed E-state index contributed by atoms with van der Waals surface area (Å²) >= 11 is 6.45. The lowest BCUT2D eigenvalue weighted by Gasteiger charge is -2.19. The first-order valence-electron chi connectivity index (χ1n) is 7.12. The Hall–Kier alpha value is -1.52. The van der Waals surface area contributed by atoms with Crippen molar-refractivity contribution in [3.05, 3.63) is 46.2 Å². The van der Waals surface area contributed by atoms with Crippen LogP contribution in [0.1, 0.15) is 29.9 Å². The number of benzene rings is 1. The smallest absolute Gasteiger partial charge is 0.123 e. The third-order valence-electron chi connectivity index (χ3n) is 3.76. The summed E-state index contributed by atoms with van der Waals surface area (Å²) in [5.41, 5.74) is 3.11. The van der Waals surface area contributed by atoms with E-state index in [1.807, 2.05) is 37.0 Å². The fourth-order valence-electron chi connectivity index (χ4n) is 2.56. The number of likely N-dealkylation sites (N-methyl/N-ethyl adjacent to an activating group) is 1. The van der Waals surface area contributed by atoms with Crippen LogP contribution in [-0.2, 0) is 19.9 Å². The number of rotatable bonds is 6. The molecule has 0 bridgehead atoms. The molecular weight excluding hydrogens is 286 g/mol. The molecule has 0 saturated carbocycles. The van der Waals surface area contributed by atoms with E-state index in [4.69, 9.17) is 16.3 Å². The molecule has 0 spiro atoms. The lowest BCUT2D eigenvalue weighted by atomic mass is 10.0. The van der Waals surface area contributed by atoms with Crippen LogP contribution in [0.4, 0.5) is 0 Å². The normalized spacial score (nSPS) is 12.4. The monoisotopic (exact) mass is 307 g/mol. The van der Waals surface area contributed by atoms with Crippen molar-refractivity contribution in [3.63, 3.8) is 0 Å². The van der Waals surface area contributed by atoms with E-state index in [1.165, 1.54) is 0 Å². The molecule has 1 N–H and O–H groups in total. The van der Waals surface area contributed by atoms with Crippen molar-refractivity contribution in [2.75, 3.05) is 14.2 Å². The molecule has 1 aromatic carbocycles. The molecule has 1 unspecified atom stereocenters. The molecule has 4 nitrogen and oxygen atoms in total. The van der Waals surface area contributed by atoms with E-state index in [9.17, 15) is 0 Å². The Kier molecular flexibility index (Phi) is 5.26. The minimum Gasteiger partial charge on any atom is -0.496 e. The highest BCUT2D eigenvalue weighted by atomic mass is 35.5. The number of methoxy groups -OCH3 is 1. The predicted molar refractivity (Wildman–Crippen MR) is 86.1 cm³/mol. The van der Waals surface area contributed by atoms with E-state index in [0.717, 1.165) is 40.6 Å². The molecular formula is C16H22ClN3O. The fraction of sp³-hybridized carbons (Fsp3) is 0.438. The fourth-order valence-corrected chi connectivity index (χ4v) is 2.93. The predicted octanol–water partition coefficient (Wildman–Crippen LogP) is 3.15. The molecule has 1 heterocycles. The number of hydrogen-bond acceptors (Lipinski definition) is 3. The topological polar surface area (TPSA) is 39.1 Å². The molecule has 2 rings (SSSR count). The van der Waals surface area contributed by atoms with Gasteiger partial charge in [0, 0.05) is 25.1 Å². The van der Waals surface area contributed by atoms with Gasteiger partial charge in [0.25, 0.3) is 0 Å². The van der Waals surface area contributed by atoms with Crippen LogP contribution in [0.25, 0.3) is 0 Å². The summed E-state index contributed by atoms with van der Waals surface area (Å²) in [6, 6.07) is 8.16. The van der Waals surface area contributed by atoms with Gasteiger partial charge in [-0.15, -0.1) is 0 Å². The van der Waals surface area contributed by atoms with Crippen LogP contribution in [-0.4, -0.2) is 23.9 Å². The third kappa shape index (κ3) is 3.22. The number of hydrogen-bond donors (Lipinski definition) is 1. The van der Waals surface area contributed by atoms with E-state index >= 15 is 0 Å². The van der Waals surface area contributed by atoms with Gasteiger partial charge in [-0.05, 0) is 19.5 Å². The standard InChI is InChI=1S/C16H22ClN3O/c1-5-12-16(17)14(20(3)19-12)10-13(18-2)11-8-6-7-9-15(11)21-4/h6-9,13,18H,5,10H2,1-4H3. The molecule has 0 amide bonds. The first kappa shape index (κ1) is 15.9. The number of nitrogens with zero attached hydrogens (tertiary/aromatic N) is 2. The van der Waals surface area contributed by atoms with E-state index in [2.05, 4.69) is 23.4 Å². The van der Waals surface area contributed by atoms with Gasteiger partial charge in [-0.2, -0.15) is 5.10 Å². The van der Waals surface area contributed by atoms with Crippen molar-refractivity contribution >= 4 is 11.6 Å². The highest BCUT2D eigenvalue weighted by molar-refractivity contribution is 6.31. The minimum atomic E-state index is 0.124. The molecule has 1 aromatic heterocycles. The Morgan fingerprint density at radius 1 is 1.38 bits per heavy atom. The summed E-state index contributed by atoms with van der Waals surface area (Å²) in [7, 11) is 5.58. The van der Waals surface area contributed by atoms with Gasteiger partial charge in [0.15, 0.2) is 0 Å². The molecule has 0 saturated heterocycles. The zero-order valence-electron chi connectivity index (χ0n) is 13.0. The molecule has 0 radical (unpaired) electrons. The maximum atomic E-state index is 6.45. The Morgan fingerprint density at radius 3 is 2.67 bits per heavy atom. The van der Waals surface area contributed by atoms with Crippen molar-refractivity contribution in [2.24, 2.45) is 7.05 Å². The Balaban J connectivity index is 2.34. The zero-order valence-corrected chi connectivity index (χ0v) is 13.7. The van der Waals surface area contributed by atoms with Crippen LogP contribution in [0.15, 0.2) is 24.3 Å². The summed E-state index contributed by atoms with van der Waals surface area (Å²) in [4.78, 5) is 0. The first-order valence-corrected chi connectivity index (χ1v) is 7.50. The molecule has 0 aliphatic heterocycles. The van der Waals surface area contributed by atoms with Gasteiger partial charge >= 0.3 is 0 Å². The van der Waals surface area contributed by atoms with Gasteiger partial charge in [-0.1, -0.05) is 36.7 Å². The average Bonchev–Trinajstić information content (AvgIpc) is 2.79. The number of halogens is 1. The number of para-hydroxylation sites is 1. The molecule has 21 heavy (non-hydrogen) atoms. The summed E-state index contributed by atoms with van der Waals surface area (Å²) in [6.07, 6.45) is 1.60. The second-order valence-corrected chi connectivity index (χ2v) is 5.35. The summed E-state index contributed by atoms with van der Waals surface area (Å²) < 4.78 is 7.33. The largest absolute Gasteiger partial charge is 0.496 e. The second-order valence-electron chi connectivity index (χ2n) is 4.97. The van der Waals surface area contributed by atoms with Crippen LogP contribution in [0, 0.1) is 0 Å². The van der Waals surface area contributed by atoms with Crippen molar-refractivity contribution in [3.8, 4) is 5.75 Å². The van der Waals surface area contributed by atoms with Crippen LogP contribution in [0.3, 0.4) is 0 Å². The van der Waals surface area contributed by atoms with Crippen molar-refractivity contribution in [2.45, 2.75) is 25.8 Å². The number of ether oxygens (including phenoxy) is 1. The molecule has 114 valence electrons. The first-order chi connectivity index (χ1) is 10.1. The van der Waals surface area contributed by atoms with Crippen molar-refractivity contribution < 1.29 is 4.74 Å². The zero-order chi connectivity index (χ0) is 15.4. The molecule has 1 atom stereocenters. The van der Waals surface area contributed by atoms with Crippen LogP contribution < -0.4 is 10.1 Å². The van der Waals surface area contributed by atoms with Gasteiger partial charge in [0.05, 0.1) is 23.5 Å². The highest BCUT2D eigenvalue weighted by Gasteiger charge is 2.20. The quantitative estimate of drug-likeness (QED) is 0.891. The van der Waals surface area contributed by atoms with Crippen LogP contribution in [0.5, 0.6) is 5.75 Å². The summed E-state index contributed by atoms with van der Waals surface area (Å²) in [6.45, 7) is 2.06. The van der Waals surface area contributed by atoms with Crippen LogP contribution in [0.2, 0.25) is 5.02 Å². The molecule has 5 heteroatoms. The van der Waals surface area contributed by atoms with Crippen LogP contribution >= 0.6 is 11.6 Å². The van der Waals surface area contributed by atoms with E-state index < -0.39 is 0 Å². The lowest BCUT2D eigenvalue weighted by molar-refractivity contribution is 0.400. The molecule has 0 aliphatic carbocycles. The highest BCUT2D eigenvalue weighted by Crippen LogP contribution is 2.30. The Morgan fingerprint density at radius 2 is 2.10 bits per heavy atom.